The Kier molecular flexibility index (Phi) is 3.84. The second-order valence-corrected chi connectivity index (χ2v) is 6.90. The number of hydrogen-bond acceptors (Lipinski definition) is 1. The highest BCUT2D eigenvalue weighted by molar-refractivity contribution is 9.10. The molecule has 0 unspecified atom stereocenters. The summed E-state index contributed by atoms with van der Waals surface area (Å²) in [6, 6.07) is 6.15. The second kappa shape index (κ2) is 5.50. The van der Waals surface area contributed by atoms with Crippen molar-refractivity contribution in [1.29, 1.82) is 0 Å². The van der Waals surface area contributed by atoms with Crippen molar-refractivity contribution in [1.82, 2.24) is 4.57 Å². The molecule has 0 saturated heterocycles. The van der Waals surface area contributed by atoms with E-state index < -0.39 is 0 Å². The molecule has 0 spiro atoms. The first-order valence-corrected chi connectivity index (χ1v) is 8.08. The minimum Gasteiger partial charge on any atom is -0.339 e. The maximum Gasteiger partial charge on any atom is 0.272 e. The van der Waals surface area contributed by atoms with Crippen molar-refractivity contribution < 1.29 is 4.79 Å². The Morgan fingerprint density at radius 1 is 1.29 bits per heavy atom. The Hall–Kier alpha value is -1.26. The third-order valence-electron chi connectivity index (χ3n) is 3.72. The quantitative estimate of drug-likeness (QED) is 0.804. The minimum atomic E-state index is -0.109. The average Bonchev–Trinajstić information content (AvgIpc) is 3.16. The van der Waals surface area contributed by atoms with Gasteiger partial charge < -0.3 is 9.88 Å². The van der Waals surface area contributed by atoms with E-state index in [2.05, 4.69) is 21.2 Å². The molecule has 3 nitrogen and oxygen atoms in total. The van der Waals surface area contributed by atoms with Crippen LogP contribution in [0.15, 0.2) is 28.9 Å². The molecule has 1 aliphatic rings. The SMILES string of the molecule is Cc1cc(Br)cc(C)c1NC(=O)c1cc(Cl)cn1C1CC1. The third kappa shape index (κ3) is 3.01. The van der Waals surface area contributed by atoms with Crippen molar-refractivity contribution in [2.24, 2.45) is 0 Å². The summed E-state index contributed by atoms with van der Waals surface area (Å²) in [5, 5.41) is 3.63. The van der Waals surface area contributed by atoms with Crippen LogP contribution in [-0.2, 0) is 0 Å². The fourth-order valence-corrected chi connectivity index (χ4v) is 3.46. The van der Waals surface area contributed by atoms with Gasteiger partial charge in [0.25, 0.3) is 5.91 Å². The first-order valence-electron chi connectivity index (χ1n) is 6.91. The lowest BCUT2D eigenvalue weighted by atomic mass is 10.1. The number of carbonyl (C=O) groups excluding carboxylic acids is 1. The monoisotopic (exact) mass is 366 g/mol. The normalized spacial score (nSPS) is 14.3. The lowest BCUT2D eigenvalue weighted by Crippen LogP contribution is -2.17. The summed E-state index contributed by atoms with van der Waals surface area (Å²) in [6.07, 6.45) is 4.07. The van der Waals surface area contributed by atoms with Crippen LogP contribution in [0.4, 0.5) is 5.69 Å². The first kappa shape index (κ1) is 14.7. The van der Waals surface area contributed by atoms with E-state index in [1.165, 1.54) is 0 Å². The molecule has 1 aromatic heterocycles. The van der Waals surface area contributed by atoms with Crippen molar-refractivity contribution in [3.63, 3.8) is 0 Å². The number of aromatic nitrogens is 1. The summed E-state index contributed by atoms with van der Waals surface area (Å²) in [6.45, 7) is 3.97. The maximum atomic E-state index is 12.6. The van der Waals surface area contributed by atoms with E-state index in [0.717, 1.165) is 34.1 Å². The Balaban J connectivity index is 1.90. The van der Waals surface area contributed by atoms with Crippen LogP contribution in [0.25, 0.3) is 0 Å². The molecule has 1 fully saturated rings. The van der Waals surface area contributed by atoms with Gasteiger partial charge in [-0.05, 0) is 56.0 Å². The standard InChI is InChI=1S/C16H16BrClN2O/c1-9-5-11(17)6-10(2)15(9)19-16(21)14-7-12(18)8-20(14)13-3-4-13/h5-8,13H,3-4H2,1-2H3,(H,19,21). The lowest BCUT2D eigenvalue weighted by Gasteiger charge is -2.13. The molecule has 0 atom stereocenters. The Bertz CT molecular complexity index is 696. The van der Waals surface area contributed by atoms with E-state index in [4.69, 9.17) is 11.6 Å². The van der Waals surface area contributed by atoms with Gasteiger partial charge in [-0.2, -0.15) is 0 Å². The van der Waals surface area contributed by atoms with Gasteiger partial charge in [0.05, 0.1) is 5.02 Å². The van der Waals surface area contributed by atoms with E-state index >= 15 is 0 Å². The van der Waals surface area contributed by atoms with Crippen LogP contribution in [0.2, 0.25) is 5.02 Å². The summed E-state index contributed by atoms with van der Waals surface area (Å²) < 4.78 is 3.00. The first-order chi connectivity index (χ1) is 9.95. The van der Waals surface area contributed by atoms with Gasteiger partial charge >= 0.3 is 0 Å². The van der Waals surface area contributed by atoms with E-state index in [1.807, 2.05) is 36.7 Å². The number of anilines is 1. The highest BCUT2D eigenvalue weighted by Gasteiger charge is 2.28. The molecule has 1 aromatic carbocycles. The smallest absolute Gasteiger partial charge is 0.272 e. The summed E-state index contributed by atoms with van der Waals surface area (Å²) >= 11 is 9.53. The Morgan fingerprint density at radius 2 is 1.90 bits per heavy atom. The molecular weight excluding hydrogens is 352 g/mol. The molecule has 5 heteroatoms. The zero-order valence-electron chi connectivity index (χ0n) is 11.9. The van der Waals surface area contributed by atoms with E-state index in [0.29, 0.717) is 16.8 Å². The number of aryl methyl sites for hydroxylation is 2. The molecular formula is C16H16BrClN2O. The largest absolute Gasteiger partial charge is 0.339 e. The number of nitrogens with one attached hydrogen (secondary N) is 1. The average molecular weight is 368 g/mol. The molecule has 2 aromatic rings. The van der Waals surface area contributed by atoms with Gasteiger partial charge in [0.2, 0.25) is 0 Å². The molecule has 1 heterocycles. The second-order valence-electron chi connectivity index (χ2n) is 5.55. The van der Waals surface area contributed by atoms with Crippen LogP contribution in [-0.4, -0.2) is 10.5 Å². The van der Waals surface area contributed by atoms with Crippen molar-refractivity contribution in [3.8, 4) is 0 Å². The van der Waals surface area contributed by atoms with Crippen LogP contribution in [0, 0.1) is 13.8 Å². The fraction of sp³-hybridized carbons (Fsp3) is 0.312. The molecule has 3 rings (SSSR count). The highest BCUT2D eigenvalue weighted by atomic mass is 79.9. The number of hydrogen-bond donors (Lipinski definition) is 1. The summed E-state index contributed by atoms with van der Waals surface area (Å²) in [7, 11) is 0. The topological polar surface area (TPSA) is 34.0 Å². The van der Waals surface area contributed by atoms with E-state index in [9.17, 15) is 4.79 Å². The van der Waals surface area contributed by atoms with Gasteiger partial charge in [-0.25, -0.2) is 0 Å². The van der Waals surface area contributed by atoms with Crippen LogP contribution >= 0.6 is 27.5 Å². The zero-order chi connectivity index (χ0) is 15.1. The van der Waals surface area contributed by atoms with Gasteiger partial charge in [-0.15, -0.1) is 0 Å². The molecule has 110 valence electrons. The van der Waals surface area contributed by atoms with Gasteiger partial charge in [0.1, 0.15) is 5.69 Å². The molecule has 0 radical (unpaired) electrons. The summed E-state index contributed by atoms with van der Waals surface area (Å²) in [4.78, 5) is 12.6. The minimum absolute atomic E-state index is 0.109. The molecule has 0 aliphatic heterocycles. The van der Waals surface area contributed by atoms with Crippen molar-refractivity contribution in [2.45, 2.75) is 32.7 Å². The van der Waals surface area contributed by atoms with Crippen LogP contribution < -0.4 is 5.32 Å². The number of halogens is 2. The molecule has 1 saturated carbocycles. The maximum absolute atomic E-state index is 12.6. The highest BCUT2D eigenvalue weighted by Crippen LogP contribution is 2.37. The van der Waals surface area contributed by atoms with E-state index in [1.54, 1.807) is 6.07 Å². The van der Waals surface area contributed by atoms with E-state index in [-0.39, 0.29) is 5.91 Å². The Labute approximate surface area is 137 Å². The molecule has 1 aliphatic carbocycles. The number of nitrogens with zero attached hydrogens (tertiary/aromatic N) is 1. The van der Waals surface area contributed by atoms with Gasteiger partial charge in [0.15, 0.2) is 0 Å². The number of rotatable bonds is 3. The van der Waals surface area contributed by atoms with Crippen molar-refractivity contribution >= 4 is 39.1 Å². The van der Waals surface area contributed by atoms with Gasteiger partial charge in [-0.1, -0.05) is 27.5 Å². The van der Waals surface area contributed by atoms with Crippen LogP contribution in [0.5, 0.6) is 0 Å². The molecule has 0 bridgehead atoms. The predicted molar refractivity (Wildman–Crippen MR) is 89.3 cm³/mol. The fourth-order valence-electron chi connectivity index (χ4n) is 2.57. The molecule has 1 amide bonds. The third-order valence-corrected chi connectivity index (χ3v) is 4.39. The zero-order valence-corrected chi connectivity index (χ0v) is 14.3. The van der Waals surface area contributed by atoms with Crippen molar-refractivity contribution in [2.75, 3.05) is 5.32 Å². The van der Waals surface area contributed by atoms with Crippen LogP contribution in [0.1, 0.15) is 40.5 Å². The Morgan fingerprint density at radius 3 is 2.48 bits per heavy atom. The van der Waals surface area contributed by atoms with Crippen molar-refractivity contribution in [3.05, 3.63) is 50.7 Å². The summed E-state index contributed by atoms with van der Waals surface area (Å²) in [5.74, 6) is -0.109. The van der Waals surface area contributed by atoms with Gasteiger partial charge in [-0.3, -0.25) is 4.79 Å². The van der Waals surface area contributed by atoms with Gasteiger partial charge in [0, 0.05) is 22.4 Å². The number of carbonyl (C=O) groups is 1. The molecule has 1 N–H and O–H groups in total. The molecule has 21 heavy (non-hydrogen) atoms. The number of amides is 1. The predicted octanol–water partition coefficient (Wildman–Crippen LogP) is 5.11. The summed E-state index contributed by atoms with van der Waals surface area (Å²) in [5.41, 5.74) is 3.56. The number of benzene rings is 1. The van der Waals surface area contributed by atoms with Crippen LogP contribution in [0.3, 0.4) is 0 Å². The lowest BCUT2D eigenvalue weighted by molar-refractivity contribution is 0.101.